The summed E-state index contributed by atoms with van der Waals surface area (Å²) in [6.07, 6.45) is -0.582. The first kappa shape index (κ1) is 12.8. The standard InChI is InChI=1S/C14H14N2O4/c17-11-6-5-10(13(19)15-11)16-12(18)7-8-3-1-2-4-9(8)14(16)20/h1-4,10,13,19H,5-7H2,(H,15,17)/t10-,13?/m1/s1. The molecule has 2 N–H and O–H groups in total. The van der Waals surface area contributed by atoms with Crippen LogP contribution < -0.4 is 5.32 Å². The Labute approximate surface area is 115 Å². The number of rotatable bonds is 1. The van der Waals surface area contributed by atoms with Gasteiger partial charge in [0.05, 0.1) is 12.5 Å². The van der Waals surface area contributed by atoms with E-state index in [4.69, 9.17) is 0 Å². The fraction of sp³-hybridized carbons (Fsp3) is 0.357. The number of benzene rings is 1. The van der Waals surface area contributed by atoms with Gasteiger partial charge in [-0.3, -0.25) is 19.3 Å². The van der Waals surface area contributed by atoms with E-state index in [-0.39, 0.29) is 31.1 Å². The summed E-state index contributed by atoms with van der Waals surface area (Å²) < 4.78 is 0. The zero-order valence-corrected chi connectivity index (χ0v) is 10.7. The van der Waals surface area contributed by atoms with Crippen molar-refractivity contribution in [3.05, 3.63) is 35.4 Å². The van der Waals surface area contributed by atoms with Gasteiger partial charge in [-0.25, -0.2) is 0 Å². The first-order valence-electron chi connectivity index (χ1n) is 6.49. The first-order valence-corrected chi connectivity index (χ1v) is 6.49. The van der Waals surface area contributed by atoms with E-state index in [1.54, 1.807) is 24.3 Å². The molecular weight excluding hydrogens is 260 g/mol. The van der Waals surface area contributed by atoms with Gasteiger partial charge in [0, 0.05) is 12.0 Å². The topological polar surface area (TPSA) is 86.7 Å². The Bertz CT molecular complexity index is 599. The largest absolute Gasteiger partial charge is 0.372 e. The Morgan fingerprint density at radius 3 is 2.70 bits per heavy atom. The number of carbonyl (C=O) groups excluding carboxylic acids is 3. The summed E-state index contributed by atoms with van der Waals surface area (Å²) in [5, 5.41) is 12.3. The number of nitrogens with one attached hydrogen (secondary N) is 1. The summed E-state index contributed by atoms with van der Waals surface area (Å²) >= 11 is 0. The maximum Gasteiger partial charge on any atom is 0.261 e. The summed E-state index contributed by atoms with van der Waals surface area (Å²) in [5.41, 5.74) is 1.18. The van der Waals surface area contributed by atoms with Crippen LogP contribution in [0.1, 0.15) is 28.8 Å². The van der Waals surface area contributed by atoms with E-state index >= 15 is 0 Å². The minimum absolute atomic E-state index is 0.138. The number of imide groups is 1. The molecule has 0 aromatic heterocycles. The van der Waals surface area contributed by atoms with Crippen molar-refractivity contribution in [2.24, 2.45) is 0 Å². The van der Waals surface area contributed by atoms with Crippen molar-refractivity contribution in [3.63, 3.8) is 0 Å². The maximum atomic E-state index is 12.4. The Hall–Kier alpha value is -2.21. The minimum Gasteiger partial charge on any atom is -0.372 e. The Kier molecular flexibility index (Phi) is 3.02. The lowest BCUT2D eigenvalue weighted by Gasteiger charge is -2.38. The lowest BCUT2D eigenvalue weighted by Crippen LogP contribution is -2.60. The third-order valence-electron chi connectivity index (χ3n) is 3.75. The van der Waals surface area contributed by atoms with E-state index in [1.807, 2.05) is 0 Å². The third-order valence-corrected chi connectivity index (χ3v) is 3.75. The van der Waals surface area contributed by atoms with E-state index in [9.17, 15) is 19.5 Å². The molecule has 104 valence electrons. The summed E-state index contributed by atoms with van der Waals surface area (Å²) in [6, 6.07) is 6.25. The van der Waals surface area contributed by atoms with Crippen molar-refractivity contribution >= 4 is 17.7 Å². The molecule has 2 heterocycles. The first-order chi connectivity index (χ1) is 9.58. The predicted octanol–water partition coefficient (Wildman–Crippen LogP) is -0.191. The predicted molar refractivity (Wildman–Crippen MR) is 68.5 cm³/mol. The molecule has 2 aliphatic heterocycles. The number of nitrogens with zero attached hydrogens (tertiary/aromatic N) is 1. The van der Waals surface area contributed by atoms with E-state index in [2.05, 4.69) is 5.32 Å². The van der Waals surface area contributed by atoms with Gasteiger partial charge < -0.3 is 10.4 Å². The number of piperidine rings is 1. The molecular formula is C14H14N2O4. The molecule has 20 heavy (non-hydrogen) atoms. The second-order valence-electron chi connectivity index (χ2n) is 5.02. The highest BCUT2D eigenvalue weighted by molar-refractivity contribution is 6.10. The fourth-order valence-electron chi connectivity index (χ4n) is 2.75. The van der Waals surface area contributed by atoms with Crippen LogP contribution in [0.5, 0.6) is 0 Å². The number of hydrogen-bond acceptors (Lipinski definition) is 4. The van der Waals surface area contributed by atoms with Crippen molar-refractivity contribution < 1.29 is 19.5 Å². The molecule has 2 atom stereocenters. The number of aliphatic hydroxyl groups excluding tert-OH is 1. The summed E-state index contributed by atoms with van der Waals surface area (Å²) in [5.74, 6) is -1.02. The van der Waals surface area contributed by atoms with Gasteiger partial charge in [-0.05, 0) is 18.1 Å². The van der Waals surface area contributed by atoms with Crippen molar-refractivity contribution in [2.45, 2.75) is 31.5 Å². The van der Waals surface area contributed by atoms with Crippen LogP contribution in [0.4, 0.5) is 0 Å². The molecule has 1 aromatic carbocycles. The molecule has 1 aromatic rings. The normalized spacial score (nSPS) is 26.2. The van der Waals surface area contributed by atoms with Gasteiger partial charge in [-0.1, -0.05) is 18.2 Å². The molecule has 6 heteroatoms. The van der Waals surface area contributed by atoms with Gasteiger partial charge in [0.25, 0.3) is 5.91 Å². The molecule has 1 fully saturated rings. The van der Waals surface area contributed by atoms with Gasteiger partial charge in [-0.2, -0.15) is 0 Å². The van der Waals surface area contributed by atoms with Gasteiger partial charge in [0.15, 0.2) is 0 Å². The Morgan fingerprint density at radius 2 is 1.95 bits per heavy atom. The highest BCUT2D eigenvalue weighted by Crippen LogP contribution is 2.25. The molecule has 6 nitrogen and oxygen atoms in total. The smallest absolute Gasteiger partial charge is 0.261 e. The van der Waals surface area contributed by atoms with Crippen LogP contribution >= 0.6 is 0 Å². The summed E-state index contributed by atoms with van der Waals surface area (Å²) in [7, 11) is 0. The highest BCUT2D eigenvalue weighted by atomic mass is 16.3. The second-order valence-corrected chi connectivity index (χ2v) is 5.02. The molecule has 0 aliphatic carbocycles. The molecule has 3 amide bonds. The van der Waals surface area contributed by atoms with Gasteiger partial charge >= 0.3 is 0 Å². The molecule has 0 bridgehead atoms. The van der Waals surface area contributed by atoms with Crippen molar-refractivity contribution in [3.8, 4) is 0 Å². The van der Waals surface area contributed by atoms with Crippen LogP contribution in [0.15, 0.2) is 24.3 Å². The van der Waals surface area contributed by atoms with Gasteiger partial charge in [-0.15, -0.1) is 0 Å². The fourth-order valence-corrected chi connectivity index (χ4v) is 2.75. The molecule has 0 saturated carbocycles. The zero-order chi connectivity index (χ0) is 14.3. The molecule has 1 saturated heterocycles. The number of amides is 3. The lowest BCUT2D eigenvalue weighted by molar-refractivity contribution is -0.139. The van der Waals surface area contributed by atoms with Crippen molar-refractivity contribution in [1.29, 1.82) is 0 Å². The Morgan fingerprint density at radius 1 is 1.20 bits per heavy atom. The van der Waals surface area contributed by atoms with E-state index in [0.29, 0.717) is 11.1 Å². The lowest BCUT2D eigenvalue weighted by atomic mass is 9.94. The summed E-state index contributed by atoms with van der Waals surface area (Å²) in [4.78, 5) is 36.9. The van der Waals surface area contributed by atoms with Crippen LogP contribution in [-0.2, 0) is 16.0 Å². The highest BCUT2D eigenvalue weighted by Gasteiger charge is 2.41. The average Bonchev–Trinajstić information content (AvgIpc) is 2.41. The zero-order valence-electron chi connectivity index (χ0n) is 10.7. The van der Waals surface area contributed by atoms with E-state index in [0.717, 1.165) is 4.90 Å². The van der Waals surface area contributed by atoms with Crippen molar-refractivity contribution in [1.82, 2.24) is 10.2 Å². The van der Waals surface area contributed by atoms with E-state index in [1.165, 1.54) is 0 Å². The number of aliphatic hydroxyl groups is 1. The molecule has 3 rings (SSSR count). The molecule has 0 radical (unpaired) electrons. The third kappa shape index (κ3) is 1.98. The minimum atomic E-state index is -1.20. The van der Waals surface area contributed by atoms with E-state index < -0.39 is 18.2 Å². The molecule has 1 unspecified atom stereocenters. The monoisotopic (exact) mass is 274 g/mol. The number of carbonyl (C=O) groups is 3. The number of hydrogen-bond donors (Lipinski definition) is 2. The van der Waals surface area contributed by atoms with Gasteiger partial charge in [0.2, 0.25) is 11.8 Å². The van der Waals surface area contributed by atoms with Crippen LogP contribution in [0.3, 0.4) is 0 Å². The summed E-state index contributed by atoms with van der Waals surface area (Å²) in [6.45, 7) is 0. The SMILES string of the molecule is O=C1CC[C@@H](N2C(=O)Cc3ccccc3C2=O)C(O)N1. The van der Waals surface area contributed by atoms with Crippen LogP contribution in [0, 0.1) is 0 Å². The maximum absolute atomic E-state index is 12.4. The van der Waals surface area contributed by atoms with Crippen LogP contribution in [0.25, 0.3) is 0 Å². The molecule has 0 spiro atoms. The van der Waals surface area contributed by atoms with Crippen LogP contribution in [0.2, 0.25) is 0 Å². The number of fused-ring (bicyclic) bond motifs is 1. The molecule has 2 aliphatic rings. The van der Waals surface area contributed by atoms with Crippen LogP contribution in [-0.4, -0.2) is 40.0 Å². The average molecular weight is 274 g/mol. The second kappa shape index (κ2) is 4.72. The van der Waals surface area contributed by atoms with Gasteiger partial charge in [0.1, 0.15) is 6.23 Å². The quantitative estimate of drug-likeness (QED) is 0.695. The van der Waals surface area contributed by atoms with Crippen molar-refractivity contribution in [2.75, 3.05) is 0 Å². The Balaban J connectivity index is 1.93.